The Labute approximate surface area is 193 Å². The smallest absolute Gasteiger partial charge is 0.341 e. The van der Waals surface area contributed by atoms with Gasteiger partial charge in [-0.1, -0.05) is 18.2 Å². The van der Waals surface area contributed by atoms with E-state index in [-0.39, 0.29) is 12.5 Å². The number of hydrogen-bond donors (Lipinski definition) is 1. The Morgan fingerprint density at radius 2 is 1.81 bits per heavy atom. The second-order valence-corrected chi connectivity index (χ2v) is 8.32. The monoisotopic (exact) mass is 529 g/mol. The number of rotatable bonds is 8. The highest BCUT2D eigenvalue weighted by atomic mass is 127. The molecule has 0 bridgehead atoms. The van der Waals surface area contributed by atoms with Gasteiger partial charge in [-0.05, 0) is 76.7 Å². The molecule has 158 valence electrons. The van der Waals surface area contributed by atoms with Crippen LogP contribution in [0.5, 0.6) is 11.5 Å². The predicted octanol–water partition coefficient (Wildman–Crippen LogP) is 4.54. The van der Waals surface area contributed by atoms with Gasteiger partial charge in [-0.2, -0.15) is 0 Å². The van der Waals surface area contributed by atoms with Gasteiger partial charge in [-0.25, -0.2) is 4.79 Å². The van der Waals surface area contributed by atoms with E-state index in [2.05, 4.69) is 22.6 Å². The van der Waals surface area contributed by atoms with Crippen LogP contribution in [0.25, 0.3) is 0 Å². The molecule has 0 saturated carbocycles. The highest BCUT2D eigenvalue weighted by Crippen LogP contribution is 2.34. The largest absolute Gasteiger partial charge is 0.493 e. The number of carboxylic acid groups (broad SMARTS) is 1. The number of carbonyl (C=O) groups excluding carboxylic acids is 1. The van der Waals surface area contributed by atoms with Crippen molar-refractivity contribution in [1.82, 2.24) is 0 Å². The third-order valence-electron chi connectivity index (χ3n) is 4.97. The Balaban J connectivity index is 1.42. The van der Waals surface area contributed by atoms with Crippen LogP contribution in [0.1, 0.15) is 21.5 Å². The number of fused-ring (bicyclic) bond motifs is 1. The number of halogens is 1. The average molecular weight is 529 g/mol. The fourth-order valence-corrected chi connectivity index (χ4v) is 3.84. The molecule has 0 aromatic heterocycles. The van der Waals surface area contributed by atoms with Crippen LogP contribution >= 0.6 is 22.6 Å². The van der Waals surface area contributed by atoms with Gasteiger partial charge in [0.1, 0.15) is 11.5 Å². The lowest BCUT2D eigenvalue weighted by molar-refractivity contribution is -0.139. The maximum Gasteiger partial charge on any atom is 0.341 e. The molecular formula is C24H20INO5. The first-order chi connectivity index (χ1) is 15.0. The highest BCUT2D eigenvalue weighted by Gasteiger charge is 2.30. The molecule has 0 unspecified atom stereocenters. The molecule has 1 heterocycles. The summed E-state index contributed by atoms with van der Waals surface area (Å²) in [5.74, 6) is 0.182. The molecule has 0 saturated heterocycles. The molecule has 1 aliphatic heterocycles. The molecule has 4 rings (SSSR count). The van der Waals surface area contributed by atoms with E-state index < -0.39 is 5.97 Å². The number of hydrogen-bond acceptors (Lipinski definition) is 4. The van der Waals surface area contributed by atoms with E-state index in [4.69, 9.17) is 14.6 Å². The van der Waals surface area contributed by atoms with Crippen LogP contribution in [0, 0.1) is 3.57 Å². The predicted molar refractivity (Wildman–Crippen MR) is 125 cm³/mol. The Hall–Kier alpha value is -3.07. The molecule has 7 heteroatoms. The lowest BCUT2D eigenvalue weighted by atomic mass is 10.1. The zero-order chi connectivity index (χ0) is 21.8. The molecule has 0 spiro atoms. The van der Waals surface area contributed by atoms with Crippen molar-refractivity contribution in [2.75, 3.05) is 18.1 Å². The number of aliphatic carboxylic acids is 1. The lowest BCUT2D eigenvalue weighted by Gasteiger charge is -2.16. The van der Waals surface area contributed by atoms with E-state index in [1.807, 2.05) is 60.7 Å². The van der Waals surface area contributed by atoms with Crippen molar-refractivity contribution >= 4 is 40.2 Å². The Morgan fingerprint density at radius 1 is 1.03 bits per heavy atom. The Bertz CT molecular complexity index is 1110. The van der Waals surface area contributed by atoms with Crippen molar-refractivity contribution in [1.29, 1.82) is 0 Å². The van der Waals surface area contributed by atoms with Crippen LogP contribution in [0.15, 0.2) is 66.7 Å². The molecule has 1 amide bonds. The zero-order valence-corrected chi connectivity index (χ0v) is 18.7. The molecular weight excluding hydrogens is 509 g/mol. The minimum absolute atomic E-state index is 0.0232. The number of ether oxygens (including phenoxy) is 2. The summed E-state index contributed by atoms with van der Waals surface area (Å²) in [6, 6.07) is 20.7. The summed E-state index contributed by atoms with van der Waals surface area (Å²) in [6.45, 7) is 0.529. The van der Waals surface area contributed by atoms with Gasteiger partial charge in [0.15, 0.2) is 6.61 Å². The quantitative estimate of drug-likeness (QED) is 0.434. The molecule has 3 aromatic rings. The number of carboxylic acids is 1. The van der Waals surface area contributed by atoms with Crippen molar-refractivity contribution < 1.29 is 24.2 Å². The molecule has 0 radical (unpaired) electrons. The number of anilines is 1. The van der Waals surface area contributed by atoms with Gasteiger partial charge >= 0.3 is 5.97 Å². The standard InChI is InChI=1S/C24H20INO5/c25-17-7-9-18(10-8-17)26-14-21-20(24(26)29)5-2-6-22(21)30-12-11-16-3-1-4-19(13-16)31-15-23(27)28/h1-10,13H,11-12,14-15H2,(H,27,28). The summed E-state index contributed by atoms with van der Waals surface area (Å²) < 4.78 is 12.4. The third-order valence-corrected chi connectivity index (χ3v) is 5.69. The van der Waals surface area contributed by atoms with Crippen LogP contribution in [0.4, 0.5) is 5.69 Å². The highest BCUT2D eigenvalue weighted by molar-refractivity contribution is 14.1. The van der Waals surface area contributed by atoms with Crippen molar-refractivity contribution in [2.24, 2.45) is 0 Å². The van der Waals surface area contributed by atoms with Gasteiger partial charge in [0.25, 0.3) is 5.91 Å². The second kappa shape index (κ2) is 9.38. The number of benzene rings is 3. The summed E-state index contributed by atoms with van der Waals surface area (Å²) in [5, 5.41) is 8.74. The van der Waals surface area contributed by atoms with Crippen molar-refractivity contribution in [3.8, 4) is 11.5 Å². The summed E-state index contributed by atoms with van der Waals surface area (Å²) in [6.07, 6.45) is 0.628. The van der Waals surface area contributed by atoms with E-state index in [0.717, 1.165) is 20.4 Å². The molecule has 6 nitrogen and oxygen atoms in total. The van der Waals surface area contributed by atoms with Gasteiger partial charge in [-0.15, -0.1) is 0 Å². The third kappa shape index (κ3) is 4.99. The zero-order valence-electron chi connectivity index (χ0n) is 16.6. The summed E-state index contributed by atoms with van der Waals surface area (Å²) >= 11 is 2.24. The fraction of sp³-hybridized carbons (Fsp3) is 0.167. The summed E-state index contributed by atoms with van der Waals surface area (Å²) in [4.78, 5) is 25.3. The van der Waals surface area contributed by atoms with Crippen LogP contribution in [0.2, 0.25) is 0 Å². The van der Waals surface area contributed by atoms with Crippen molar-refractivity contribution in [2.45, 2.75) is 13.0 Å². The molecule has 3 aromatic carbocycles. The van der Waals surface area contributed by atoms with E-state index in [1.165, 1.54) is 0 Å². The van der Waals surface area contributed by atoms with Crippen LogP contribution < -0.4 is 14.4 Å². The fourth-order valence-electron chi connectivity index (χ4n) is 3.48. The topological polar surface area (TPSA) is 76.1 Å². The first kappa shape index (κ1) is 21.2. The molecule has 0 atom stereocenters. The minimum Gasteiger partial charge on any atom is -0.493 e. The Morgan fingerprint density at radius 3 is 2.58 bits per heavy atom. The van der Waals surface area contributed by atoms with Gasteiger partial charge in [0.2, 0.25) is 0 Å². The van der Waals surface area contributed by atoms with Crippen molar-refractivity contribution in [3.63, 3.8) is 0 Å². The van der Waals surface area contributed by atoms with Crippen LogP contribution in [0.3, 0.4) is 0 Å². The molecule has 1 aliphatic rings. The van der Waals surface area contributed by atoms with E-state index in [1.54, 1.807) is 11.0 Å². The molecule has 0 fully saturated rings. The van der Waals surface area contributed by atoms with E-state index in [0.29, 0.717) is 36.6 Å². The molecule has 1 N–H and O–H groups in total. The van der Waals surface area contributed by atoms with Crippen LogP contribution in [-0.2, 0) is 17.8 Å². The molecule has 31 heavy (non-hydrogen) atoms. The normalized spacial score (nSPS) is 12.5. The maximum absolute atomic E-state index is 12.9. The van der Waals surface area contributed by atoms with Gasteiger partial charge in [0.05, 0.1) is 13.2 Å². The van der Waals surface area contributed by atoms with E-state index in [9.17, 15) is 9.59 Å². The SMILES string of the molecule is O=C(O)COc1cccc(CCOc2cccc3c2CN(c2ccc(I)cc2)C3=O)c1. The van der Waals surface area contributed by atoms with Crippen molar-refractivity contribution in [3.05, 3.63) is 87.0 Å². The minimum atomic E-state index is -1.01. The van der Waals surface area contributed by atoms with E-state index >= 15 is 0 Å². The van der Waals surface area contributed by atoms with Gasteiger partial charge in [0, 0.05) is 26.8 Å². The molecule has 0 aliphatic carbocycles. The summed E-state index contributed by atoms with van der Waals surface area (Å²) in [7, 11) is 0. The Kier molecular flexibility index (Phi) is 6.41. The number of carbonyl (C=O) groups is 2. The average Bonchev–Trinajstić information content (AvgIpc) is 3.11. The number of amides is 1. The summed E-state index contributed by atoms with van der Waals surface area (Å²) in [5.41, 5.74) is 3.41. The van der Waals surface area contributed by atoms with Gasteiger partial charge in [-0.3, -0.25) is 4.79 Å². The van der Waals surface area contributed by atoms with Crippen LogP contribution in [-0.4, -0.2) is 30.2 Å². The van der Waals surface area contributed by atoms with Gasteiger partial charge < -0.3 is 19.5 Å². The lowest BCUT2D eigenvalue weighted by Crippen LogP contribution is -2.22. The number of nitrogens with zero attached hydrogens (tertiary/aromatic N) is 1. The first-order valence-corrected chi connectivity index (χ1v) is 10.8. The second-order valence-electron chi connectivity index (χ2n) is 7.08. The maximum atomic E-state index is 12.9. The first-order valence-electron chi connectivity index (χ1n) is 9.77.